The maximum atomic E-state index is 5.92. The summed E-state index contributed by atoms with van der Waals surface area (Å²) in [5.41, 5.74) is 7.16. The first-order valence-electron chi connectivity index (χ1n) is 4.93. The second-order valence-corrected chi connectivity index (χ2v) is 6.41. The van der Waals surface area contributed by atoms with Gasteiger partial charge in [-0.15, -0.1) is 11.8 Å². The summed E-state index contributed by atoms with van der Waals surface area (Å²) in [6, 6.07) is 8.49. The van der Waals surface area contributed by atoms with E-state index < -0.39 is 0 Å². The van der Waals surface area contributed by atoms with Crippen molar-refractivity contribution in [2.24, 2.45) is 5.73 Å². The van der Waals surface area contributed by atoms with Gasteiger partial charge in [-0.3, -0.25) is 0 Å². The highest BCUT2D eigenvalue weighted by molar-refractivity contribution is 8.00. The zero-order chi connectivity index (χ0) is 10.8. The van der Waals surface area contributed by atoms with Gasteiger partial charge in [-0.05, 0) is 18.6 Å². The highest BCUT2D eigenvalue weighted by atomic mass is 32.2. The molecule has 0 saturated carbocycles. The molecule has 0 aliphatic heterocycles. The lowest BCUT2D eigenvalue weighted by Crippen LogP contribution is -2.11. The number of hydrogen-bond acceptors (Lipinski definition) is 2. The van der Waals surface area contributed by atoms with E-state index in [0.29, 0.717) is 0 Å². The van der Waals surface area contributed by atoms with E-state index in [0.717, 1.165) is 0 Å². The molecule has 0 amide bonds. The lowest BCUT2D eigenvalue weighted by atomic mass is 10.1. The fourth-order valence-electron chi connectivity index (χ4n) is 1.28. The van der Waals surface area contributed by atoms with Gasteiger partial charge in [0.2, 0.25) is 0 Å². The highest BCUT2D eigenvalue weighted by Gasteiger charge is 2.15. The summed E-state index contributed by atoms with van der Waals surface area (Å²) < 4.78 is 0.241. The van der Waals surface area contributed by atoms with Crippen LogP contribution in [0.3, 0.4) is 0 Å². The third-order valence-corrected chi connectivity index (χ3v) is 3.03. The van der Waals surface area contributed by atoms with E-state index in [9.17, 15) is 0 Å². The van der Waals surface area contributed by atoms with Gasteiger partial charge in [-0.2, -0.15) is 0 Å². The lowest BCUT2D eigenvalue weighted by molar-refractivity contribution is 0.781. The van der Waals surface area contributed by atoms with Gasteiger partial charge in [0, 0.05) is 15.7 Å². The second kappa shape index (κ2) is 4.37. The van der Waals surface area contributed by atoms with Gasteiger partial charge in [0.25, 0.3) is 0 Å². The SMILES string of the molecule is C[C@@H](N)c1ccccc1SC(C)(C)C. The summed E-state index contributed by atoms with van der Waals surface area (Å²) in [6.07, 6.45) is 0. The summed E-state index contributed by atoms with van der Waals surface area (Å²) in [7, 11) is 0. The third kappa shape index (κ3) is 3.35. The van der Waals surface area contributed by atoms with Crippen LogP contribution in [-0.2, 0) is 0 Å². The monoisotopic (exact) mass is 209 g/mol. The van der Waals surface area contributed by atoms with Crippen LogP contribution in [0.25, 0.3) is 0 Å². The first-order valence-corrected chi connectivity index (χ1v) is 5.75. The molecule has 1 nitrogen and oxygen atoms in total. The van der Waals surface area contributed by atoms with E-state index in [1.54, 1.807) is 0 Å². The Labute approximate surface area is 91.1 Å². The van der Waals surface area contributed by atoms with Crippen molar-refractivity contribution in [2.45, 2.75) is 43.4 Å². The number of nitrogens with two attached hydrogens (primary N) is 1. The maximum Gasteiger partial charge on any atom is 0.0277 e. The van der Waals surface area contributed by atoms with E-state index in [4.69, 9.17) is 5.73 Å². The van der Waals surface area contributed by atoms with Crippen LogP contribution in [0, 0.1) is 0 Å². The summed E-state index contributed by atoms with van der Waals surface area (Å²) in [5.74, 6) is 0. The van der Waals surface area contributed by atoms with Crippen LogP contribution in [0.1, 0.15) is 39.3 Å². The van der Waals surface area contributed by atoms with E-state index in [2.05, 4.69) is 39.0 Å². The van der Waals surface area contributed by atoms with Gasteiger partial charge in [0.15, 0.2) is 0 Å². The van der Waals surface area contributed by atoms with E-state index >= 15 is 0 Å². The van der Waals surface area contributed by atoms with Gasteiger partial charge in [0.05, 0.1) is 0 Å². The molecule has 0 unspecified atom stereocenters. The Bertz CT molecular complexity index is 299. The molecule has 0 bridgehead atoms. The summed E-state index contributed by atoms with van der Waals surface area (Å²) in [6.45, 7) is 8.68. The molecule has 0 spiro atoms. The molecule has 0 fully saturated rings. The standard InChI is InChI=1S/C12H19NS/c1-9(13)10-7-5-6-8-11(10)14-12(2,3)4/h5-9H,13H2,1-4H3/t9-/m1/s1. The van der Waals surface area contributed by atoms with Crippen LogP contribution in [0.4, 0.5) is 0 Å². The van der Waals surface area contributed by atoms with Gasteiger partial charge in [-0.1, -0.05) is 39.0 Å². The Kier molecular flexibility index (Phi) is 3.62. The second-order valence-electron chi connectivity index (χ2n) is 4.54. The lowest BCUT2D eigenvalue weighted by Gasteiger charge is -2.21. The number of benzene rings is 1. The van der Waals surface area contributed by atoms with Crippen molar-refractivity contribution in [3.63, 3.8) is 0 Å². The molecule has 0 saturated heterocycles. The Hall–Kier alpha value is -0.470. The molecule has 2 heteroatoms. The molecular formula is C12H19NS. The van der Waals surface area contributed by atoms with Gasteiger partial charge in [-0.25, -0.2) is 0 Å². The minimum atomic E-state index is 0.112. The fraction of sp³-hybridized carbons (Fsp3) is 0.500. The fourth-order valence-corrected chi connectivity index (χ4v) is 2.46. The van der Waals surface area contributed by atoms with E-state index in [1.807, 2.05) is 24.8 Å². The average molecular weight is 209 g/mol. The minimum Gasteiger partial charge on any atom is -0.324 e. The molecule has 78 valence electrons. The Morgan fingerprint density at radius 1 is 1.21 bits per heavy atom. The van der Waals surface area contributed by atoms with Crippen LogP contribution in [0.2, 0.25) is 0 Å². The molecule has 0 heterocycles. The quantitative estimate of drug-likeness (QED) is 0.753. The minimum absolute atomic E-state index is 0.112. The summed E-state index contributed by atoms with van der Waals surface area (Å²) in [5, 5.41) is 0. The molecule has 0 aliphatic carbocycles. The Balaban J connectivity index is 2.96. The van der Waals surface area contributed by atoms with Crippen LogP contribution < -0.4 is 5.73 Å². The molecule has 0 aliphatic rings. The van der Waals surface area contributed by atoms with Gasteiger partial charge >= 0.3 is 0 Å². The first-order chi connectivity index (χ1) is 6.40. The van der Waals surface area contributed by atoms with Crippen molar-refractivity contribution in [1.82, 2.24) is 0 Å². The molecule has 0 radical (unpaired) electrons. The van der Waals surface area contributed by atoms with Crippen molar-refractivity contribution in [1.29, 1.82) is 0 Å². The molecule has 1 atom stereocenters. The number of thioether (sulfide) groups is 1. The topological polar surface area (TPSA) is 26.0 Å². The Morgan fingerprint density at radius 3 is 2.29 bits per heavy atom. The number of rotatable bonds is 2. The van der Waals surface area contributed by atoms with Gasteiger partial charge in [0.1, 0.15) is 0 Å². The van der Waals surface area contributed by atoms with E-state index in [-0.39, 0.29) is 10.8 Å². The smallest absolute Gasteiger partial charge is 0.0277 e. The Morgan fingerprint density at radius 2 is 1.79 bits per heavy atom. The molecule has 1 rings (SSSR count). The van der Waals surface area contributed by atoms with Crippen molar-refractivity contribution in [3.8, 4) is 0 Å². The maximum absolute atomic E-state index is 5.92. The predicted octanol–water partition coefficient (Wildman–Crippen LogP) is 3.60. The van der Waals surface area contributed by atoms with Crippen molar-refractivity contribution >= 4 is 11.8 Å². The average Bonchev–Trinajstić information content (AvgIpc) is 2.01. The first kappa shape index (κ1) is 11.6. The summed E-state index contributed by atoms with van der Waals surface area (Å²) in [4.78, 5) is 1.30. The zero-order valence-corrected chi connectivity index (χ0v) is 10.2. The van der Waals surface area contributed by atoms with Crippen LogP contribution >= 0.6 is 11.8 Å². The molecular weight excluding hydrogens is 190 g/mol. The van der Waals surface area contributed by atoms with Crippen molar-refractivity contribution in [2.75, 3.05) is 0 Å². The van der Waals surface area contributed by atoms with Crippen LogP contribution in [0.15, 0.2) is 29.2 Å². The number of hydrogen-bond donors (Lipinski definition) is 1. The highest BCUT2D eigenvalue weighted by Crippen LogP contribution is 2.35. The summed E-state index contributed by atoms with van der Waals surface area (Å²) >= 11 is 1.88. The molecule has 14 heavy (non-hydrogen) atoms. The largest absolute Gasteiger partial charge is 0.324 e. The zero-order valence-electron chi connectivity index (χ0n) is 9.37. The molecule has 1 aromatic rings. The van der Waals surface area contributed by atoms with Crippen molar-refractivity contribution < 1.29 is 0 Å². The van der Waals surface area contributed by atoms with Gasteiger partial charge < -0.3 is 5.73 Å². The third-order valence-electron chi connectivity index (χ3n) is 1.83. The van der Waals surface area contributed by atoms with Crippen LogP contribution in [-0.4, -0.2) is 4.75 Å². The van der Waals surface area contributed by atoms with Crippen LogP contribution in [0.5, 0.6) is 0 Å². The van der Waals surface area contributed by atoms with E-state index in [1.165, 1.54) is 10.5 Å². The van der Waals surface area contributed by atoms with Crippen molar-refractivity contribution in [3.05, 3.63) is 29.8 Å². The predicted molar refractivity (Wildman–Crippen MR) is 64.7 cm³/mol. The molecule has 0 aromatic heterocycles. The normalized spacial score (nSPS) is 14.1. The molecule has 1 aromatic carbocycles. The molecule has 2 N–H and O–H groups in total.